The van der Waals surface area contributed by atoms with Gasteiger partial charge in [0.05, 0.1) is 0 Å². The number of aromatic nitrogens is 1. The van der Waals surface area contributed by atoms with Gasteiger partial charge in [-0.1, -0.05) is 17.7 Å². The highest BCUT2D eigenvalue weighted by Crippen LogP contribution is 2.20. The van der Waals surface area contributed by atoms with E-state index in [1.54, 1.807) is 6.07 Å². The van der Waals surface area contributed by atoms with Gasteiger partial charge in [0.1, 0.15) is 0 Å². The second kappa shape index (κ2) is 5.59. The molecule has 1 aromatic heterocycles. The summed E-state index contributed by atoms with van der Waals surface area (Å²) in [6.45, 7) is 4.44. The molecule has 2 rings (SSSR count). The maximum Gasteiger partial charge on any atom is 0.186 e. The summed E-state index contributed by atoms with van der Waals surface area (Å²) in [7, 11) is 1.83. The number of nitrogens with one attached hydrogen (secondary N) is 1. The first-order valence-electron chi connectivity index (χ1n) is 6.16. The van der Waals surface area contributed by atoms with Crippen LogP contribution in [0.15, 0.2) is 35.3 Å². The Hall–Kier alpha value is -1.58. The van der Waals surface area contributed by atoms with Crippen molar-refractivity contribution in [1.82, 2.24) is 9.88 Å². The van der Waals surface area contributed by atoms with Crippen molar-refractivity contribution in [1.29, 1.82) is 0 Å². The van der Waals surface area contributed by atoms with Crippen LogP contribution in [0.25, 0.3) is 5.69 Å². The van der Waals surface area contributed by atoms with Crippen LogP contribution in [0.1, 0.15) is 16.8 Å². The lowest BCUT2D eigenvalue weighted by molar-refractivity contribution is 0.794. The minimum Gasteiger partial charge on any atom is -0.321 e. The summed E-state index contributed by atoms with van der Waals surface area (Å²) in [4.78, 5) is 11.9. The van der Waals surface area contributed by atoms with Gasteiger partial charge in [0.25, 0.3) is 0 Å². The number of nitrogens with zero attached hydrogens (tertiary/aromatic N) is 1. The largest absolute Gasteiger partial charge is 0.321 e. The molecule has 0 fully saturated rings. The predicted octanol–water partition coefficient (Wildman–Crippen LogP) is 2.83. The van der Waals surface area contributed by atoms with E-state index >= 15 is 0 Å². The Morgan fingerprint density at radius 3 is 2.63 bits per heavy atom. The van der Waals surface area contributed by atoms with Crippen molar-refractivity contribution in [2.45, 2.75) is 20.4 Å². The molecule has 0 saturated carbocycles. The fourth-order valence-corrected chi connectivity index (χ4v) is 2.18. The lowest BCUT2D eigenvalue weighted by Gasteiger charge is -2.13. The molecule has 100 valence electrons. The van der Waals surface area contributed by atoms with Crippen LogP contribution in [-0.4, -0.2) is 11.6 Å². The van der Waals surface area contributed by atoms with Gasteiger partial charge in [-0.25, -0.2) is 0 Å². The Balaban J connectivity index is 2.57. The van der Waals surface area contributed by atoms with Gasteiger partial charge < -0.3 is 9.88 Å². The van der Waals surface area contributed by atoms with Gasteiger partial charge in [-0.05, 0) is 38.6 Å². The van der Waals surface area contributed by atoms with E-state index in [-0.39, 0.29) is 5.43 Å². The van der Waals surface area contributed by atoms with Crippen LogP contribution in [-0.2, 0) is 6.54 Å². The molecule has 1 aromatic carbocycles. The number of rotatable bonds is 3. The quantitative estimate of drug-likeness (QED) is 0.935. The van der Waals surface area contributed by atoms with Crippen molar-refractivity contribution in [2.24, 2.45) is 0 Å². The third-order valence-corrected chi connectivity index (χ3v) is 3.53. The highest BCUT2D eigenvalue weighted by atomic mass is 35.5. The molecular weight excluding hydrogens is 260 g/mol. The van der Waals surface area contributed by atoms with Gasteiger partial charge in [0.2, 0.25) is 0 Å². The monoisotopic (exact) mass is 276 g/mol. The standard InChI is InChI=1S/C15H17ClN2O/c1-10-4-5-13(7-14(10)16)18-9-12(8-17-3)15(19)6-11(18)2/h4-7,9,17H,8H2,1-3H3. The van der Waals surface area contributed by atoms with Crippen LogP contribution in [0.4, 0.5) is 0 Å². The molecule has 0 aliphatic carbocycles. The molecule has 3 nitrogen and oxygen atoms in total. The molecule has 4 heteroatoms. The Kier molecular flexibility index (Phi) is 4.08. The van der Waals surface area contributed by atoms with Crippen LogP contribution in [0.2, 0.25) is 5.02 Å². The number of benzene rings is 1. The third kappa shape index (κ3) is 2.88. The van der Waals surface area contributed by atoms with Gasteiger partial charge in [0, 0.05) is 40.8 Å². The zero-order valence-electron chi connectivity index (χ0n) is 11.3. The second-order valence-corrected chi connectivity index (χ2v) is 5.05. The number of aryl methyl sites for hydroxylation is 2. The fourth-order valence-electron chi connectivity index (χ4n) is 2.01. The maximum absolute atomic E-state index is 11.9. The first-order chi connectivity index (χ1) is 9.02. The van der Waals surface area contributed by atoms with Crippen molar-refractivity contribution in [3.63, 3.8) is 0 Å². The zero-order valence-corrected chi connectivity index (χ0v) is 12.1. The van der Waals surface area contributed by atoms with Crippen molar-refractivity contribution in [3.8, 4) is 5.69 Å². The first-order valence-corrected chi connectivity index (χ1v) is 6.54. The zero-order chi connectivity index (χ0) is 14.0. The van der Waals surface area contributed by atoms with Gasteiger partial charge in [0.15, 0.2) is 5.43 Å². The summed E-state index contributed by atoms with van der Waals surface area (Å²) < 4.78 is 1.99. The van der Waals surface area contributed by atoms with Crippen LogP contribution < -0.4 is 10.7 Å². The SMILES string of the molecule is CNCc1cn(-c2ccc(C)c(Cl)c2)c(C)cc1=O. The first kappa shape index (κ1) is 13.8. The summed E-state index contributed by atoms with van der Waals surface area (Å²) in [5.74, 6) is 0. The van der Waals surface area contributed by atoms with Crippen LogP contribution >= 0.6 is 11.6 Å². The van der Waals surface area contributed by atoms with Crippen LogP contribution in [0.3, 0.4) is 0 Å². The Morgan fingerprint density at radius 2 is 2.00 bits per heavy atom. The van der Waals surface area contributed by atoms with Gasteiger partial charge in [-0.3, -0.25) is 4.79 Å². The molecule has 0 aliphatic heterocycles. The Morgan fingerprint density at radius 1 is 1.26 bits per heavy atom. The van der Waals surface area contributed by atoms with Gasteiger partial charge in [-0.15, -0.1) is 0 Å². The smallest absolute Gasteiger partial charge is 0.186 e. The minimum atomic E-state index is 0.0568. The topological polar surface area (TPSA) is 34.0 Å². The molecule has 2 aromatic rings. The summed E-state index contributed by atoms with van der Waals surface area (Å²) in [5.41, 5.74) is 3.70. The molecule has 0 atom stereocenters. The molecule has 0 bridgehead atoms. The summed E-state index contributed by atoms with van der Waals surface area (Å²) in [5, 5.41) is 3.73. The van der Waals surface area contributed by atoms with E-state index < -0.39 is 0 Å². The number of hydrogen-bond acceptors (Lipinski definition) is 2. The lowest BCUT2D eigenvalue weighted by Crippen LogP contribution is -2.19. The summed E-state index contributed by atoms with van der Waals surface area (Å²) in [6, 6.07) is 7.55. The normalized spacial score (nSPS) is 10.7. The number of hydrogen-bond donors (Lipinski definition) is 1. The van der Waals surface area contributed by atoms with Crippen molar-refractivity contribution in [2.75, 3.05) is 7.05 Å². The molecule has 0 aliphatic rings. The van der Waals surface area contributed by atoms with E-state index in [1.165, 1.54) is 0 Å². The predicted molar refractivity (Wildman–Crippen MR) is 79.3 cm³/mol. The average Bonchev–Trinajstić information content (AvgIpc) is 2.36. The van der Waals surface area contributed by atoms with Crippen LogP contribution in [0, 0.1) is 13.8 Å². The molecule has 0 unspecified atom stereocenters. The molecule has 0 spiro atoms. The molecule has 0 amide bonds. The highest BCUT2D eigenvalue weighted by Gasteiger charge is 2.06. The summed E-state index contributed by atoms with van der Waals surface area (Å²) >= 11 is 6.16. The molecule has 1 N–H and O–H groups in total. The number of halogens is 1. The minimum absolute atomic E-state index is 0.0568. The second-order valence-electron chi connectivity index (χ2n) is 4.64. The van der Waals surface area contributed by atoms with E-state index in [9.17, 15) is 4.79 Å². The van der Waals surface area contributed by atoms with Crippen molar-refractivity contribution >= 4 is 11.6 Å². The van der Waals surface area contributed by atoms with Crippen molar-refractivity contribution in [3.05, 3.63) is 62.5 Å². The van der Waals surface area contributed by atoms with Gasteiger partial charge >= 0.3 is 0 Å². The summed E-state index contributed by atoms with van der Waals surface area (Å²) in [6.07, 6.45) is 1.87. The van der Waals surface area contributed by atoms with E-state index in [4.69, 9.17) is 11.6 Å². The number of pyridine rings is 1. The maximum atomic E-state index is 11.9. The highest BCUT2D eigenvalue weighted by molar-refractivity contribution is 6.31. The van der Waals surface area contributed by atoms with Gasteiger partial charge in [-0.2, -0.15) is 0 Å². The molecule has 1 heterocycles. The molecule has 0 radical (unpaired) electrons. The lowest BCUT2D eigenvalue weighted by atomic mass is 10.2. The molecule has 19 heavy (non-hydrogen) atoms. The van der Waals surface area contributed by atoms with E-state index in [2.05, 4.69) is 5.32 Å². The average molecular weight is 277 g/mol. The fraction of sp³-hybridized carbons (Fsp3) is 0.267. The van der Waals surface area contributed by atoms with E-state index in [1.807, 2.05) is 49.9 Å². The van der Waals surface area contributed by atoms with E-state index in [0.29, 0.717) is 6.54 Å². The van der Waals surface area contributed by atoms with Crippen LogP contribution in [0.5, 0.6) is 0 Å². The van der Waals surface area contributed by atoms with Crippen molar-refractivity contribution < 1.29 is 0 Å². The van der Waals surface area contributed by atoms with E-state index in [0.717, 1.165) is 27.5 Å². The Labute approximate surface area is 117 Å². The molecule has 0 saturated heterocycles. The Bertz CT molecular complexity index is 662. The molecular formula is C15H17ClN2O. The third-order valence-electron chi connectivity index (χ3n) is 3.12.